The van der Waals surface area contributed by atoms with Crippen molar-refractivity contribution in [1.82, 2.24) is 15.1 Å². The molecule has 1 amide bonds. The molecule has 0 fully saturated rings. The third-order valence-corrected chi connectivity index (χ3v) is 7.09. The first-order chi connectivity index (χ1) is 15.9. The minimum atomic E-state index is -0.224. The van der Waals surface area contributed by atoms with E-state index in [1.54, 1.807) is 41.7 Å². The number of thiophene rings is 1. The molecule has 33 heavy (non-hydrogen) atoms. The molecule has 0 saturated heterocycles. The Kier molecular flexibility index (Phi) is 7.11. The molecule has 4 aromatic rings. The summed E-state index contributed by atoms with van der Waals surface area (Å²) in [7, 11) is 0. The molecular formula is C26H25N3O2S2. The summed E-state index contributed by atoms with van der Waals surface area (Å²) in [5.74, 6) is 0.126. The van der Waals surface area contributed by atoms with E-state index in [4.69, 9.17) is 0 Å². The van der Waals surface area contributed by atoms with Crippen molar-refractivity contribution in [2.45, 2.75) is 36.7 Å². The molecule has 0 aliphatic heterocycles. The molecule has 1 N–H and O–H groups in total. The van der Waals surface area contributed by atoms with Gasteiger partial charge in [-0.05, 0) is 66.8 Å². The molecule has 1 atom stereocenters. The first-order valence-corrected chi connectivity index (χ1v) is 12.4. The molecule has 0 bridgehead atoms. The number of benzene rings is 2. The molecule has 2 heterocycles. The summed E-state index contributed by atoms with van der Waals surface area (Å²) >= 11 is 3.13. The van der Waals surface area contributed by atoms with Crippen LogP contribution >= 0.6 is 23.1 Å². The van der Waals surface area contributed by atoms with Crippen LogP contribution < -0.4 is 10.9 Å². The summed E-state index contributed by atoms with van der Waals surface area (Å²) in [4.78, 5) is 27.5. The number of nitrogens with zero attached hydrogens (tertiary/aromatic N) is 2. The summed E-state index contributed by atoms with van der Waals surface area (Å²) in [6.45, 7) is 6.23. The quantitative estimate of drug-likeness (QED) is 0.362. The van der Waals surface area contributed by atoms with Crippen molar-refractivity contribution in [2.75, 3.05) is 0 Å². The van der Waals surface area contributed by atoms with Gasteiger partial charge in [-0.1, -0.05) is 49.4 Å². The average molecular weight is 476 g/mol. The van der Waals surface area contributed by atoms with Gasteiger partial charge in [0.1, 0.15) is 5.03 Å². The van der Waals surface area contributed by atoms with E-state index >= 15 is 0 Å². The maximum Gasteiger partial charge on any atom is 0.271 e. The highest BCUT2D eigenvalue weighted by atomic mass is 32.2. The molecule has 2 aromatic carbocycles. The van der Waals surface area contributed by atoms with Crippen molar-refractivity contribution in [1.29, 1.82) is 0 Å². The molecule has 168 valence electrons. The molecule has 0 radical (unpaired) electrons. The normalized spacial score (nSPS) is 12.0. The Bertz CT molecular complexity index is 1280. The number of aryl methyl sites for hydroxylation is 1. The van der Waals surface area contributed by atoms with Crippen molar-refractivity contribution < 1.29 is 4.79 Å². The third-order valence-electron chi connectivity index (χ3n) is 5.20. The number of aromatic nitrogens is 2. The van der Waals surface area contributed by atoms with E-state index < -0.39 is 0 Å². The van der Waals surface area contributed by atoms with Crippen LogP contribution in [0.5, 0.6) is 0 Å². The second-order valence-corrected chi connectivity index (χ2v) is 10.2. The van der Waals surface area contributed by atoms with E-state index in [0.29, 0.717) is 11.3 Å². The second-order valence-electron chi connectivity index (χ2n) is 8.09. The van der Waals surface area contributed by atoms with Gasteiger partial charge in [0.15, 0.2) is 0 Å². The zero-order chi connectivity index (χ0) is 23.4. The van der Waals surface area contributed by atoms with Crippen LogP contribution in [0.2, 0.25) is 0 Å². The highest BCUT2D eigenvalue weighted by molar-refractivity contribution is 7.99. The third kappa shape index (κ3) is 5.61. The lowest BCUT2D eigenvalue weighted by molar-refractivity contribution is 0.0926. The van der Waals surface area contributed by atoms with Crippen molar-refractivity contribution >= 4 is 29.0 Å². The van der Waals surface area contributed by atoms with Crippen LogP contribution in [-0.4, -0.2) is 15.7 Å². The van der Waals surface area contributed by atoms with Gasteiger partial charge < -0.3 is 5.32 Å². The van der Waals surface area contributed by atoms with Gasteiger partial charge in [-0.15, -0.1) is 11.3 Å². The van der Waals surface area contributed by atoms with Crippen LogP contribution in [-0.2, 0) is 0 Å². The molecule has 0 saturated carbocycles. The van der Waals surface area contributed by atoms with Crippen LogP contribution in [0.4, 0.5) is 0 Å². The van der Waals surface area contributed by atoms with Crippen molar-refractivity contribution in [3.63, 3.8) is 0 Å². The second kappa shape index (κ2) is 10.2. The Labute approximate surface area is 201 Å². The van der Waals surface area contributed by atoms with Gasteiger partial charge in [-0.3, -0.25) is 9.59 Å². The molecular weight excluding hydrogens is 450 g/mol. The van der Waals surface area contributed by atoms with Gasteiger partial charge in [0.25, 0.3) is 11.5 Å². The fourth-order valence-corrected chi connectivity index (χ4v) is 5.10. The fraction of sp³-hybridized carbons (Fsp3) is 0.192. The molecule has 0 spiro atoms. The van der Waals surface area contributed by atoms with Gasteiger partial charge in [-0.2, -0.15) is 9.78 Å². The number of carbonyl (C=O) groups excluding carboxylic acids is 1. The van der Waals surface area contributed by atoms with Crippen LogP contribution in [0.3, 0.4) is 0 Å². The lowest BCUT2D eigenvalue weighted by atomic mass is 10.0. The maximum atomic E-state index is 12.9. The van der Waals surface area contributed by atoms with Gasteiger partial charge in [-0.25, -0.2) is 0 Å². The van der Waals surface area contributed by atoms with E-state index in [-0.39, 0.29) is 23.4 Å². The smallest absolute Gasteiger partial charge is 0.271 e. The minimum absolute atomic E-state index is 0.0445. The van der Waals surface area contributed by atoms with Gasteiger partial charge in [0.05, 0.1) is 11.7 Å². The largest absolute Gasteiger partial charge is 0.344 e. The SMILES string of the molecule is Cc1ccc(Sc2ccc(=O)n(-c3ccc(C(=O)N[C@H](c4cccs4)C(C)C)cc3)n2)cc1. The fourth-order valence-electron chi connectivity index (χ4n) is 3.37. The number of nitrogens with one attached hydrogen (secondary N) is 1. The number of rotatable bonds is 7. The van der Waals surface area contributed by atoms with Crippen LogP contribution in [0.15, 0.2) is 92.9 Å². The Morgan fingerprint density at radius 2 is 1.73 bits per heavy atom. The topological polar surface area (TPSA) is 64.0 Å². The van der Waals surface area contributed by atoms with Crippen LogP contribution in [0.25, 0.3) is 5.69 Å². The lowest BCUT2D eigenvalue weighted by Gasteiger charge is -2.21. The molecule has 0 aliphatic rings. The lowest BCUT2D eigenvalue weighted by Crippen LogP contribution is -2.31. The number of carbonyl (C=O) groups is 1. The summed E-state index contributed by atoms with van der Waals surface area (Å²) in [6.07, 6.45) is 0. The minimum Gasteiger partial charge on any atom is -0.344 e. The summed E-state index contributed by atoms with van der Waals surface area (Å²) in [5.41, 5.74) is 2.12. The molecule has 4 rings (SSSR count). The van der Waals surface area contributed by atoms with E-state index in [9.17, 15) is 9.59 Å². The molecule has 2 aromatic heterocycles. The Morgan fingerprint density at radius 1 is 1.00 bits per heavy atom. The first-order valence-electron chi connectivity index (χ1n) is 10.7. The standard InChI is InChI=1S/C26H25N3O2S2/c1-17(2)25(22-5-4-16-32-22)27-26(31)19-8-10-20(11-9-19)29-24(30)15-14-23(28-29)33-21-12-6-18(3)7-13-21/h4-17,25H,1-3H3,(H,27,31)/t25-/m0/s1. The average Bonchev–Trinajstić information content (AvgIpc) is 3.34. The Morgan fingerprint density at radius 3 is 2.36 bits per heavy atom. The zero-order valence-corrected chi connectivity index (χ0v) is 20.3. The summed E-state index contributed by atoms with van der Waals surface area (Å²) < 4.78 is 1.36. The van der Waals surface area contributed by atoms with Crippen molar-refractivity contribution in [3.8, 4) is 5.69 Å². The monoisotopic (exact) mass is 475 g/mol. The summed E-state index contributed by atoms with van der Waals surface area (Å²) in [5, 5.41) is 10.4. The van der Waals surface area contributed by atoms with Gasteiger partial charge in [0, 0.05) is 21.4 Å². The number of hydrogen-bond donors (Lipinski definition) is 1. The van der Waals surface area contributed by atoms with E-state index in [1.165, 1.54) is 28.1 Å². The van der Waals surface area contributed by atoms with E-state index in [0.717, 1.165) is 14.8 Å². The first kappa shape index (κ1) is 23.0. The summed E-state index contributed by atoms with van der Waals surface area (Å²) in [6, 6.07) is 22.3. The maximum absolute atomic E-state index is 12.9. The van der Waals surface area contributed by atoms with Crippen molar-refractivity contribution in [3.05, 3.63) is 105 Å². The van der Waals surface area contributed by atoms with E-state index in [2.05, 4.69) is 24.3 Å². The van der Waals surface area contributed by atoms with Gasteiger partial charge >= 0.3 is 0 Å². The molecule has 7 heteroatoms. The Hall–Kier alpha value is -3.16. The van der Waals surface area contributed by atoms with Crippen molar-refractivity contribution in [2.24, 2.45) is 5.92 Å². The number of amides is 1. The van der Waals surface area contributed by atoms with Gasteiger partial charge in [0.2, 0.25) is 0 Å². The predicted molar refractivity (Wildman–Crippen MR) is 135 cm³/mol. The number of hydrogen-bond acceptors (Lipinski definition) is 5. The van der Waals surface area contributed by atoms with E-state index in [1.807, 2.05) is 48.7 Å². The molecule has 5 nitrogen and oxygen atoms in total. The predicted octanol–water partition coefficient (Wildman–Crippen LogP) is 5.88. The zero-order valence-electron chi connectivity index (χ0n) is 18.7. The highest BCUT2D eigenvalue weighted by Crippen LogP contribution is 2.27. The van der Waals surface area contributed by atoms with Crippen LogP contribution in [0.1, 0.15) is 40.7 Å². The Balaban J connectivity index is 1.52. The molecule has 0 aliphatic carbocycles. The highest BCUT2D eigenvalue weighted by Gasteiger charge is 2.20. The molecule has 0 unspecified atom stereocenters. The van der Waals surface area contributed by atoms with Crippen LogP contribution in [0, 0.1) is 12.8 Å².